The summed E-state index contributed by atoms with van der Waals surface area (Å²) in [5.41, 5.74) is 0.620. The zero-order valence-electron chi connectivity index (χ0n) is 11.4. The van der Waals surface area contributed by atoms with Crippen LogP contribution in [0.1, 0.15) is 0 Å². The molecule has 3 rings (SSSR count). The summed E-state index contributed by atoms with van der Waals surface area (Å²) in [6.45, 7) is -0.0828. The molecule has 0 saturated heterocycles. The number of ether oxygens (including phenoxy) is 1. The molecular weight excluding hydrogens is 290 g/mol. The van der Waals surface area contributed by atoms with Crippen LogP contribution in [0.15, 0.2) is 35.8 Å². The number of carbonyl (C=O) groups excluding carboxylic acids is 2. The quantitative estimate of drug-likeness (QED) is 0.862. The summed E-state index contributed by atoms with van der Waals surface area (Å²) in [7, 11) is 1.65. The fourth-order valence-corrected chi connectivity index (χ4v) is 2.68. The number of carbonyl (C=O) groups is 2. The number of para-hydroxylation sites is 2. The molecule has 1 aromatic carbocycles. The normalized spacial score (nSPS) is 13.6. The van der Waals surface area contributed by atoms with E-state index in [4.69, 9.17) is 4.74 Å². The highest BCUT2D eigenvalue weighted by Gasteiger charge is 2.28. The molecule has 2 amide bonds. The molecule has 0 N–H and O–H groups in total. The van der Waals surface area contributed by atoms with Crippen molar-refractivity contribution in [3.63, 3.8) is 0 Å². The van der Waals surface area contributed by atoms with E-state index in [0.717, 1.165) is 0 Å². The van der Waals surface area contributed by atoms with Crippen molar-refractivity contribution < 1.29 is 14.3 Å². The number of fused-ring (bicyclic) bond motifs is 1. The first kappa shape index (κ1) is 13.6. The van der Waals surface area contributed by atoms with Crippen LogP contribution >= 0.6 is 11.3 Å². The van der Waals surface area contributed by atoms with Gasteiger partial charge in [0.2, 0.25) is 5.91 Å². The van der Waals surface area contributed by atoms with E-state index in [1.807, 2.05) is 12.1 Å². The number of likely N-dealkylation sites (N-methyl/N-ethyl adjacent to an activating group) is 1. The molecule has 0 saturated carbocycles. The van der Waals surface area contributed by atoms with E-state index in [9.17, 15) is 9.59 Å². The van der Waals surface area contributed by atoms with Gasteiger partial charge in [-0.05, 0) is 12.1 Å². The molecule has 0 aliphatic carbocycles. The van der Waals surface area contributed by atoms with Gasteiger partial charge in [-0.2, -0.15) is 0 Å². The Kier molecular flexibility index (Phi) is 3.57. The highest BCUT2D eigenvalue weighted by atomic mass is 32.1. The molecule has 1 aliphatic heterocycles. The van der Waals surface area contributed by atoms with Gasteiger partial charge in [0.15, 0.2) is 11.7 Å². The molecule has 2 heterocycles. The van der Waals surface area contributed by atoms with Crippen LogP contribution in [0.5, 0.6) is 5.75 Å². The summed E-state index contributed by atoms with van der Waals surface area (Å²) in [5, 5.41) is 2.41. The minimum Gasteiger partial charge on any atom is -0.482 e. The Bertz CT molecular complexity index is 672. The van der Waals surface area contributed by atoms with Gasteiger partial charge in [0.05, 0.1) is 5.69 Å². The maximum absolute atomic E-state index is 12.3. The molecule has 0 spiro atoms. The summed E-state index contributed by atoms with van der Waals surface area (Å²) in [6.07, 6.45) is 1.64. The topological polar surface area (TPSA) is 62.7 Å². The first-order valence-electron chi connectivity index (χ1n) is 6.35. The molecule has 6 nitrogen and oxygen atoms in total. The Hall–Kier alpha value is -2.41. The Morgan fingerprint density at radius 1 is 1.48 bits per heavy atom. The number of thiazole rings is 1. The average molecular weight is 303 g/mol. The van der Waals surface area contributed by atoms with Crippen molar-refractivity contribution in [2.24, 2.45) is 0 Å². The van der Waals surface area contributed by atoms with Crippen molar-refractivity contribution in [1.29, 1.82) is 0 Å². The van der Waals surface area contributed by atoms with Crippen molar-refractivity contribution in [2.75, 3.05) is 30.0 Å². The second-order valence-corrected chi connectivity index (χ2v) is 5.38. The Labute approximate surface area is 125 Å². The number of hydrogen-bond donors (Lipinski definition) is 0. The maximum atomic E-state index is 12.3. The summed E-state index contributed by atoms with van der Waals surface area (Å²) < 4.78 is 5.35. The Balaban J connectivity index is 1.81. The van der Waals surface area contributed by atoms with E-state index in [1.165, 1.54) is 21.1 Å². The first-order chi connectivity index (χ1) is 10.2. The number of amides is 2. The Morgan fingerprint density at radius 2 is 2.29 bits per heavy atom. The summed E-state index contributed by atoms with van der Waals surface area (Å²) >= 11 is 1.37. The van der Waals surface area contributed by atoms with E-state index in [1.54, 1.807) is 30.8 Å². The van der Waals surface area contributed by atoms with Crippen LogP contribution in [0.3, 0.4) is 0 Å². The number of aromatic nitrogens is 1. The standard InChI is InChI=1S/C14H13N3O3S/c1-16(14-15-6-7-21-14)12(18)8-17-10-4-2-3-5-11(10)20-9-13(17)19/h2-7H,8-9H2,1H3. The fourth-order valence-electron chi connectivity index (χ4n) is 2.06. The van der Waals surface area contributed by atoms with Gasteiger partial charge < -0.3 is 4.74 Å². The predicted octanol–water partition coefficient (Wildman–Crippen LogP) is 1.53. The van der Waals surface area contributed by atoms with E-state index in [2.05, 4.69) is 4.98 Å². The molecule has 108 valence electrons. The van der Waals surface area contributed by atoms with Crippen LogP contribution in [0, 0.1) is 0 Å². The molecule has 2 aromatic rings. The lowest BCUT2D eigenvalue weighted by Crippen LogP contribution is -2.45. The molecule has 21 heavy (non-hydrogen) atoms. The van der Waals surface area contributed by atoms with Crippen LogP contribution in [0.4, 0.5) is 10.8 Å². The highest BCUT2D eigenvalue weighted by Crippen LogP contribution is 2.31. The first-order valence-corrected chi connectivity index (χ1v) is 7.23. The van der Waals surface area contributed by atoms with Gasteiger partial charge in [0.25, 0.3) is 5.91 Å². The number of nitrogens with zero attached hydrogens (tertiary/aromatic N) is 3. The number of hydrogen-bond acceptors (Lipinski definition) is 5. The van der Waals surface area contributed by atoms with E-state index in [-0.39, 0.29) is 25.0 Å². The van der Waals surface area contributed by atoms with E-state index >= 15 is 0 Å². The smallest absolute Gasteiger partial charge is 0.265 e. The molecule has 7 heteroatoms. The van der Waals surface area contributed by atoms with Crippen molar-refractivity contribution in [1.82, 2.24) is 4.98 Å². The summed E-state index contributed by atoms with van der Waals surface area (Å²) in [6, 6.07) is 7.19. The molecule has 1 aliphatic rings. The number of anilines is 2. The number of rotatable bonds is 3. The zero-order chi connectivity index (χ0) is 14.8. The van der Waals surface area contributed by atoms with Crippen molar-refractivity contribution in [2.45, 2.75) is 0 Å². The molecule has 0 fully saturated rings. The summed E-state index contributed by atoms with van der Waals surface area (Å²) in [4.78, 5) is 31.3. The van der Waals surface area contributed by atoms with Gasteiger partial charge in [-0.1, -0.05) is 12.1 Å². The van der Waals surface area contributed by atoms with Crippen LogP contribution in [0.2, 0.25) is 0 Å². The average Bonchev–Trinajstić information content (AvgIpc) is 3.03. The molecular formula is C14H13N3O3S. The molecule has 1 aromatic heterocycles. The van der Waals surface area contributed by atoms with Crippen LogP contribution in [0.25, 0.3) is 0 Å². The SMILES string of the molecule is CN(C(=O)CN1C(=O)COc2ccccc21)c1nccs1. The van der Waals surface area contributed by atoms with Gasteiger partial charge in [-0.25, -0.2) is 4.98 Å². The molecule has 0 radical (unpaired) electrons. The monoisotopic (exact) mass is 303 g/mol. The van der Waals surface area contributed by atoms with Crippen LogP contribution in [-0.4, -0.2) is 37.0 Å². The van der Waals surface area contributed by atoms with Gasteiger partial charge in [0, 0.05) is 18.6 Å². The minimum atomic E-state index is -0.227. The lowest BCUT2D eigenvalue weighted by molar-refractivity contribution is -0.124. The lowest BCUT2D eigenvalue weighted by Gasteiger charge is -2.29. The van der Waals surface area contributed by atoms with Crippen LogP contribution < -0.4 is 14.5 Å². The fraction of sp³-hybridized carbons (Fsp3) is 0.214. The molecule has 0 bridgehead atoms. The van der Waals surface area contributed by atoms with E-state index in [0.29, 0.717) is 16.6 Å². The van der Waals surface area contributed by atoms with Gasteiger partial charge in [0.1, 0.15) is 12.3 Å². The van der Waals surface area contributed by atoms with Gasteiger partial charge >= 0.3 is 0 Å². The van der Waals surface area contributed by atoms with Crippen molar-refractivity contribution in [3.05, 3.63) is 35.8 Å². The third-order valence-corrected chi connectivity index (χ3v) is 4.03. The van der Waals surface area contributed by atoms with E-state index < -0.39 is 0 Å². The third kappa shape index (κ3) is 2.59. The predicted molar refractivity (Wildman–Crippen MR) is 79.8 cm³/mol. The van der Waals surface area contributed by atoms with Gasteiger partial charge in [-0.15, -0.1) is 11.3 Å². The van der Waals surface area contributed by atoms with Gasteiger partial charge in [-0.3, -0.25) is 19.4 Å². The highest BCUT2D eigenvalue weighted by molar-refractivity contribution is 7.13. The maximum Gasteiger partial charge on any atom is 0.265 e. The second-order valence-electron chi connectivity index (χ2n) is 4.50. The van der Waals surface area contributed by atoms with Crippen molar-refractivity contribution >= 4 is 34.0 Å². The Morgan fingerprint density at radius 3 is 3.05 bits per heavy atom. The molecule has 0 unspecified atom stereocenters. The second kappa shape index (κ2) is 5.53. The largest absolute Gasteiger partial charge is 0.482 e. The molecule has 0 atom stereocenters. The summed E-state index contributed by atoms with van der Waals surface area (Å²) in [5.74, 6) is 0.186. The minimum absolute atomic E-state index is 0.0325. The van der Waals surface area contributed by atoms with Crippen LogP contribution in [-0.2, 0) is 9.59 Å². The lowest BCUT2D eigenvalue weighted by atomic mass is 10.2. The van der Waals surface area contributed by atoms with Crippen molar-refractivity contribution in [3.8, 4) is 5.75 Å². The zero-order valence-corrected chi connectivity index (χ0v) is 12.2. The number of benzene rings is 1. The third-order valence-electron chi connectivity index (χ3n) is 3.18.